The lowest BCUT2D eigenvalue weighted by Crippen LogP contribution is -2.23. The zero-order chi connectivity index (χ0) is 8.27. The van der Waals surface area contributed by atoms with Gasteiger partial charge < -0.3 is 10.2 Å². The topological polar surface area (TPSA) is 43.7 Å². The van der Waals surface area contributed by atoms with Crippen LogP contribution < -0.4 is 0 Å². The molecule has 1 heterocycles. The van der Waals surface area contributed by atoms with Gasteiger partial charge in [-0.3, -0.25) is 9.29 Å². The summed E-state index contributed by atoms with van der Waals surface area (Å²) in [7, 11) is 0. The zero-order valence-corrected chi connectivity index (χ0v) is 6.41. The van der Waals surface area contributed by atoms with Gasteiger partial charge in [-0.05, 0) is 6.42 Å². The third-order valence-corrected chi connectivity index (χ3v) is 1.94. The molecule has 4 heteroatoms. The lowest BCUT2D eigenvalue weighted by Gasteiger charge is -2.12. The van der Waals surface area contributed by atoms with E-state index in [4.69, 9.17) is 10.2 Å². The number of aliphatic hydroxyl groups is 2. The molecule has 0 radical (unpaired) electrons. The van der Waals surface area contributed by atoms with Crippen molar-refractivity contribution >= 4 is 0 Å². The molecule has 0 aromatic heterocycles. The van der Waals surface area contributed by atoms with Crippen LogP contribution in [0.5, 0.6) is 0 Å². The van der Waals surface area contributed by atoms with Crippen molar-refractivity contribution in [2.45, 2.75) is 18.6 Å². The predicted octanol–water partition coefficient (Wildman–Crippen LogP) is -0.617. The Morgan fingerprint density at radius 3 is 2.27 bits per heavy atom. The number of halogens is 1. The lowest BCUT2D eigenvalue weighted by molar-refractivity contribution is 0.0572. The Balaban J connectivity index is 2.18. The van der Waals surface area contributed by atoms with Crippen LogP contribution in [0.2, 0.25) is 0 Å². The normalized spacial score (nSPS) is 33.0. The van der Waals surface area contributed by atoms with Crippen molar-refractivity contribution in [3.8, 4) is 0 Å². The van der Waals surface area contributed by atoms with E-state index in [2.05, 4.69) is 0 Å². The Hall–Kier alpha value is -0.190. The Kier molecular flexibility index (Phi) is 3.23. The predicted molar refractivity (Wildman–Crippen MR) is 39.0 cm³/mol. The highest BCUT2D eigenvalue weighted by molar-refractivity contribution is 4.82. The molecule has 1 aliphatic rings. The number of nitrogens with zero attached hydrogens (tertiary/aromatic N) is 1. The van der Waals surface area contributed by atoms with Gasteiger partial charge in [0.2, 0.25) is 0 Å². The van der Waals surface area contributed by atoms with E-state index < -0.39 is 12.2 Å². The molecule has 1 aliphatic heterocycles. The number of aliphatic hydroxyl groups excluding tert-OH is 2. The molecule has 0 spiro atoms. The van der Waals surface area contributed by atoms with Crippen LogP contribution in [0, 0.1) is 0 Å². The van der Waals surface area contributed by atoms with Gasteiger partial charge in [0.1, 0.15) is 0 Å². The number of alkyl halides is 1. The van der Waals surface area contributed by atoms with E-state index in [1.807, 2.05) is 4.90 Å². The van der Waals surface area contributed by atoms with Gasteiger partial charge in [-0.2, -0.15) is 0 Å². The fourth-order valence-electron chi connectivity index (χ4n) is 1.31. The lowest BCUT2D eigenvalue weighted by atomic mass is 10.3. The van der Waals surface area contributed by atoms with Crippen molar-refractivity contribution < 1.29 is 14.6 Å². The second kappa shape index (κ2) is 3.99. The van der Waals surface area contributed by atoms with Crippen molar-refractivity contribution in [2.75, 3.05) is 26.3 Å². The van der Waals surface area contributed by atoms with E-state index in [1.54, 1.807) is 0 Å². The van der Waals surface area contributed by atoms with Crippen LogP contribution in [-0.2, 0) is 0 Å². The molecule has 0 saturated carbocycles. The Morgan fingerprint density at radius 1 is 1.27 bits per heavy atom. The quantitative estimate of drug-likeness (QED) is 0.583. The van der Waals surface area contributed by atoms with Gasteiger partial charge in [0.15, 0.2) is 0 Å². The molecule has 1 rings (SSSR count). The monoisotopic (exact) mass is 163 g/mol. The van der Waals surface area contributed by atoms with Crippen LogP contribution in [0.1, 0.15) is 6.42 Å². The van der Waals surface area contributed by atoms with Crippen LogP contribution in [0.15, 0.2) is 0 Å². The third kappa shape index (κ3) is 2.39. The molecule has 0 amide bonds. The summed E-state index contributed by atoms with van der Waals surface area (Å²) in [5, 5.41) is 18.2. The summed E-state index contributed by atoms with van der Waals surface area (Å²) in [6.45, 7) is 1.25. The van der Waals surface area contributed by atoms with Crippen LogP contribution in [-0.4, -0.2) is 53.6 Å². The van der Waals surface area contributed by atoms with Crippen LogP contribution in [0.4, 0.5) is 4.39 Å². The van der Waals surface area contributed by atoms with Crippen molar-refractivity contribution in [2.24, 2.45) is 0 Å². The number of likely N-dealkylation sites (tertiary alicyclic amines) is 1. The first-order valence-corrected chi connectivity index (χ1v) is 3.88. The fraction of sp³-hybridized carbons (Fsp3) is 1.00. The molecule has 1 fully saturated rings. The fourth-order valence-corrected chi connectivity index (χ4v) is 1.31. The standard InChI is InChI=1S/C7H14FNO2/c8-2-1-3-9-4-6(10)7(11)5-9/h6-7,10-11H,1-5H2/t6-,7+. The summed E-state index contributed by atoms with van der Waals surface area (Å²) in [4.78, 5) is 1.87. The Morgan fingerprint density at radius 2 is 1.82 bits per heavy atom. The first kappa shape index (κ1) is 8.90. The molecule has 0 aromatic rings. The number of hydrogen-bond donors (Lipinski definition) is 2. The smallest absolute Gasteiger partial charge is 0.0938 e. The van der Waals surface area contributed by atoms with Gasteiger partial charge >= 0.3 is 0 Å². The van der Waals surface area contributed by atoms with E-state index in [0.717, 1.165) is 0 Å². The van der Waals surface area contributed by atoms with Crippen molar-refractivity contribution in [3.63, 3.8) is 0 Å². The average Bonchev–Trinajstić information content (AvgIpc) is 2.28. The maximum absolute atomic E-state index is 11.7. The van der Waals surface area contributed by atoms with Crippen molar-refractivity contribution in [3.05, 3.63) is 0 Å². The molecule has 0 unspecified atom stereocenters. The second-order valence-electron chi connectivity index (χ2n) is 2.94. The van der Waals surface area contributed by atoms with Crippen LogP contribution in [0.25, 0.3) is 0 Å². The van der Waals surface area contributed by atoms with E-state index in [1.165, 1.54) is 0 Å². The molecule has 66 valence electrons. The van der Waals surface area contributed by atoms with Gasteiger partial charge in [0.05, 0.1) is 18.9 Å². The summed E-state index contributed by atoms with van der Waals surface area (Å²) >= 11 is 0. The molecular formula is C7H14FNO2. The summed E-state index contributed by atoms with van der Waals surface area (Å²) in [5.41, 5.74) is 0. The second-order valence-corrected chi connectivity index (χ2v) is 2.94. The molecular weight excluding hydrogens is 149 g/mol. The van der Waals surface area contributed by atoms with Gasteiger partial charge in [0.25, 0.3) is 0 Å². The minimum Gasteiger partial charge on any atom is -0.389 e. The van der Waals surface area contributed by atoms with E-state index in [9.17, 15) is 4.39 Å². The average molecular weight is 163 g/mol. The molecule has 2 N–H and O–H groups in total. The van der Waals surface area contributed by atoms with Gasteiger partial charge in [-0.1, -0.05) is 0 Å². The number of β-amino-alcohol motifs (C(OH)–C–C–N with tert-alkyl or cyclic N) is 2. The van der Waals surface area contributed by atoms with Gasteiger partial charge in [-0.25, -0.2) is 0 Å². The largest absolute Gasteiger partial charge is 0.389 e. The van der Waals surface area contributed by atoms with E-state index in [-0.39, 0.29) is 6.67 Å². The summed E-state index contributed by atoms with van der Waals surface area (Å²) in [6, 6.07) is 0. The van der Waals surface area contributed by atoms with E-state index >= 15 is 0 Å². The number of hydrogen-bond acceptors (Lipinski definition) is 3. The minimum atomic E-state index is -0.644. The highest BCUT2D eigenvalue weighted by atomic mass is 19.1. The SMILES string of the molecule is O[C@@H]1CN(CCCF)C[C@@H]1O. The summed E-state index contributed by atoms with van der Waals surface area (Å²) in [6.07, 6.45) is -0.802. The molecule has 1 saturated heterocycles. The Bertz CT molecular complexity index is 113. The summed E-state index contributed by atoms with van der Waals surface area (Å²) < 4.78 is 11.7. The van der Waals surface area contributed by atoms with Crippen LogP contribution in [0.3, 0.4) is 0 Å². The molecule has 0 aliphatic carbocycles. The molecule has 11 heavy (non-hydrogen) atoms. The first-order valence-electron chi connectivity index (χ1n) is 3.88. The Labute approximate surface area is 65.4 Å². The third-order valence-electron chi connectivity index (χ3n) is 1.94. The number of rotatable bonds is 3. The molecule has 2 atom stereocenters. The summed E-state index contributed by atoms with van der Waals surface area (Å²) in [5.74, 6) is 0. The van der Waals surface area contributed by atoms with Crippen molar-refractivity contribution in [1.29, 1.82) is 0 Å². The highest BCUT2D eigenvalue weighted by Crippen LogP contribution is 2.09. The molecule has 0 bridgehead atoms. The zero-order valence-electron chi connectivity index (χ0n) is 6.41. The maximum atomic E-state index is 11.7. The van der Waals surface area contributed by atoms with Crippen molar-refractivity contribution in [1.82, 2.24) is 4.90 Å². The molecule has 3 nitrogen and oxygen atoms in total. The van der Waals surface area contributed by atoms with Crippen LogP contribution >= 0.6 is 0 Å². The minimum absolute atomic E-state index is 0.331. The molecule has 0 aromatic carbocycles. The van der Waals surface area contributed by atoms with Gasteiger partial charge in [-0.15, -0.1) is 0 Å². The first-order chi connectivity index (χ1) is 5.24. The van der Waals surface area contributed by atoms with Gasteiger partial charge in [0, 0.05) is 19.6 Å². The van der Waals surface area contributed by atoms with E-state index in [0.29, 0.717) is 26.1 Å². The highest BCUT2D eigenvalue weighted by Gasteiger charge is 2.28. The maximum Gasteiger partial charge on any atom is 0.0938 e.